The number of carbonyl (C=O) groups is 2. The Labute approximate surface area is 441 Å². The quantitative estimate of drug-likeness (QED) is 0.0493. The highest BCUT2D eigenvalue weighted by Crippen LogP contribution is 2.59. The Hall–Kier alpha value is -4.92. The number of phosphoric acid groups is 2. The van der Waals surface area contributed by atoms with Crippen molar-refractivity contribution in [3.63, 3.8) is 0 Å². The number of nitriles is 1. The lowest BCUT2D eigenvalue weighted by Crippen LogP contribution is -2.49. The number of aromatic nitrogens is 8. The average Bonchev–Trinajstić information content (AvgIpc) is 4.11. The molecule has 6 heterocycles. The van der Waals surface area contributed by atoms with Crippen molar-refractivity contribution in [2.24, 2.45) is 11.8 Å². The minimum absolute atomic E-state index is 0.0245. The number of nitrogens with one attached hydrogen (secondary N) is 3. The number of H-pyrrole nitrogens is 1. The van der Waals surface area contributed by atoms with Gasteiger partial charge in [-0.2, -0.15) is 10.2 Å². The molecular formula is C47H67N11O14P2Si2. The maximum Gasteiger partial charge on any atom is 0.475 e. The number of aromatic amines is 1. The van der Waals surface area contributed by atoms with E-state index in [9.17, 15) is 29.1 Å². The first kappa shape index (κ1) is 57.3. The van der Waals surface area contributed by atoms with Gasteiger partial charge in [-0.05, 0) is 54.8 Å². The van der Waals surface area contributed by atoms with E-state index in [1.54, 1.807) is 44.2 Å². The summed E-state index contributed by atoms with van der Waals surface area (Å²) in [5.74, 6) is -2.20. The molecule has 29 heteroatoms. The van der Waals surface area contributed by atoms with Crippen molar-refractivity contribution in [1.82, 2.24) is 39.0 Å². The number of rotatable bonds is 13. The van der Waals surface area contributed by atoms with Gasteiger partial charge < -0.3 is 28.4 Å². The predicted molar refractivity (Wildman–Crippen MR) is 282 cm³/mol. The third kappa shape index (κ3) is 12.0. The molecule has 2 unspecified atom stereocenters. The standard InChI is InChI=1S/C47H67N11O14P2Si2/c1-27(2)41(59)55-45-54-40-33(43(61)56-45)52-25-57(40)30-21-29-22-66-73(62,63)69-36-31(23-67-74(64,65-20-16-19-48)70-35(30)34(29)71-75(9,10)46(3,4)5)68-44(37(36)72-76(11,12)47(6,7)8)58-26-51-32-38(49-24-50-39(32)58)53-42(60)28-17-14-13-15-18-28/h13-15,17-18,24-27,29-31,34-37,44H,16,20-23H2,1-12H3,(H,62,63)(H,49,50,53,60)(H2,54,55,56,59,61)/t29-,30-,31-,34-,35+,36-,37-,44-,74?/m1/s1. The molecule has 25 nitrogen and oxygen atoms in total. The number of anilines is 2. The Morgan fingerprint density at radius 1 is 0.882 bits per heavy atom. The van der Waals surface area contributed by atoms with Crippen LogP contribution in [0.25, 0.3) is 22.3 Å². The molecule has 2 bridgehead atoms. The highest BCUT2D eigenvalue weighted by atomic mass is 31.2. The smallest absolute Gasteiger partial charge is 0.411 e. The van der Waals surface area contributed by atoms with Crippen LogP contribution in [0, 0.1) is 23.2 Å². The molecule has 1 saturated carbocycles. The molecule has 2 saturated heterocycles. The second kappa shape index (κ2) is 21.7. The van der Waals surface area contributed by atoms with Gasteiger partial charge in [0.1, 0.15) is 30.7 Å². The summed E-state index contributed by atoms with van der Waals surface area (Å²) in [4.78, 5) is 76.5. The summed E-state index contributed by atoms with van der Waals surface area (Å²) in [5, 5.41) is 14.2. The monoisotopic (exact) mass is 1130 g/mol. The number of fused-ring (bicyclic) bond motifs is 5. The van der Waals surface area contributed by atoms with E-state index in [0.29, 0.717) is 5.56 Å². The summed E-state index contributed by atoms with van der Waals surface area (Å²) in [6.45, 7) is 21.8. The van der Waals surface area contributed by atoms with Gasteiger partial charge in [0.15, 0.2) is 51.0 Å². The first-order chi connectivity index (χ1) is 35.5. The lowest BCUT2D eigenvalue weighted by molar-refractivity contribution is -0.118. The van der Waals surface area contributed by atoms with Crippen molar-refractivity contribution >= 4 is 78.2 Å². The molecule has 5 aromatic rings. The van der Waals surface area contributed by atoms with Crippen molar-refractivity contribution in [3.05, 3.63) is 65.2 Å². The predicted octanol–water partition coefficient (Wildman–Crippen LogP) is 8.00. The zero-order valence-electron chi connectivity index (χ0n) is 44.6. The zero-order valence-corrected chi connectivity index (χ0v) is 48.4. The Kier molecular flexibility index (Phi) is 16.4. The summed E-state index contributed by atoms with van der Waals surface area (Å²) >= 11 is 0. The molecule has 0 radical (unpaired) electrons. The fourth-order valence-electron chi connectivity index (χ4n) is 8.52. The van der Waals surface area contributed by atoms with Gasteiger partial charge >= 0.3 is 15.6 Å². The Morgan fingerprint density at radius 2 is 1.54 bits per heavy atom. The first-order valence-corrected chi connectivity index (χ1v) is 33.7. The minimum Gasteiger partial charge on any atom is -0.411 e. The van der Waals surface area contributed by atoms with Crippen LogP contribution in [0.15, 0.2) is 54.1 Å². The molecule has 2 amide bonds. The lowest BCUT2D eigenvalue weighted by atomic mass is 10.1. The van der Waals surface area contributed by atoms with Gasteiger partial charge in [-0.1, -0.05) is 73.6 Å². The summed E-state index contributed by atoms with van der Waals surface area (Å²) in [7, 11) is -15.8. The van der Waals surface area contributed by atoms with E-state index >= 15 is 4.57 Å². The largest absolute Gasteiger partial charge is 0.475 e. The van der Waals surface area contributed by atoms with Gasteiger partial charge in [0.25, 0.3) is 11.5 Å². The Balaban J connectivity index is 1.23. The molecule has 0 spiro atoms. The zero-order chi connectivity index (χ0) is 55.3. The van der Waals surface area contributed by atoms with Crippen LogP contribution in [-0.4, -0.2) is 123 Å². The van der Waals surface area contributed by atoms with E-state index in [2.05, 4.69) is 40.5 Å². The summed E-state index contributed by atoms with van der Waals surface area (Å²) < 4.78 is 85.4. The molecule has 3 fully saturated rings. The molecule has 2 aliphatic heterocycles. The van der Waals surface area contributed by atoms with Crippen molar-refractivity contribution in [2.45, 2.75) is 147 Å². The third-order valence-corrected chi connectivity index (χ3v) is 26.1. The van der Waals surface area contributed by atoms with E-state index in [0.717, 1.165) is 0 Å². The Morgan fingerprint density at radius 3 is 2.20 bits per heavy atom. The SMILES string of the molecule is CC(C)C(=O)Nc1nc2c(ncn2[C@@H]2C[C@@H]3COP(=O)(O)O[C@H]4[C@@H](O[Si](C)(C)C(C)(C)C)[C@H](n5cnc6c(NC(=O)c7ccccc7)ncnc65)O[C@@H]4COP(=O)(OCCC#N)O[C@@H]2[C@@H]3O[Si](C)(C)C(C)(C)C)c(=O)[nH]1. The van der Waals surface area contributed by atoms with Gasteiger partial charge in [-0.15, -0.1) is 0 Å². The maximum absolute atomic E-state index is 15.6. The van der Waals surface area contributed by atoms with Crippen molar-refractivity contribution in [2.75, 3.05) is 30.5 Å². The Bertz CT molecular complexity index is 3160. The molecule has 4 N–H and O–H groups in total. The van der Waals surface area contributed by atoms with Crippen molar-refractivity contribution < 1.29 is 59.8 Å². The van der Waals surface area contributed by atoms with E-state index in [-0.39, 0.29) is 46.9 Å². The van der Waals surface area contributed by atoms with E-state index in [4.69, 9.17) is 36.2 Å². The number of imidazole rings is 2. The summed E-state index contributed by atoms with van der Waals surface area (Å²) in [5.41, 5.74) is 0.0218. The summed E-state index contributed by atoms with van der Waals surface area (Å²) in [6.07, 6.45) is -3.90. The van der Waals surface area contributed by atoms with Crippen LogP contribution in [0.1, 0.15) is 90.9 Å². The number of ether oxygens (including phenoxy) is 1. The topological polar surface area (TPSA) is 317 Å². The highest BCUT2D eigenvalue weighted by Gasteiger charge is 2.58. The lowest BCUT2D eigenvalue weighted by Gasteiger charge is -2.41. The van der Waals surface area contributed by atoms with E-state index in [1.807, 2.05) is 73.8 Å². The second-order valence-corrected chi connectivity index (χ2v) is 35.0. The van der Waals surface area contributed by atoms with Crippen LogP contribution in [-0.2, 0) is 50.1 Å². The van der Waals surface area contributed by atoms with Crippen molar-refractivity contribution in [3.8, 4) is 6.07 Å². The number of phosphoric ester groups is 2. The van der Waals surface area contributed by atoms with Crippen LogP contribution in [0.2, 0.25) is 36.3 Å². The second-order valence-electron chi connectivity index (χ2n) is 22.5. The average molecular weight is 1130 g/mol. The van der Waals surface area contributed by atoms with Gasteiger partial charge in [0.05, 0.1) is 57.1 Å². The minimum atomic E-state index is -5.16. The number of benzene rings is 1. The first-order valence-electron chi connectivity index (χ1n) is 24.9. The van der Waals surface area contributed by atoms with Gasteiger partial charge in [-0.25, -0.2) is 29.1 Å². The number of carbonyl (C=O) groups excluding carboxylic acids is 2. The molecule has 1 aromatic carbocycles. The normalized spacial score (nSPS) is 27.9. The van der Waals surface area contributed by atoms with Gasteiger partial charge in [0.2, 0.25) is 11.9 Å². The summed E-state index contributed by atoms with van der Waals surface area (Å²) in [6, 6.07) is 9.55. The number of hydrogen-bond acceptors (Lipinski definition) is 19. The van der Waals surface area contributed by atoms with Gasteiger partial charge in [0, 0.05) is 17.4 Å². The van der Waals surface area contributed by atoms with Crippen LogP contribution >= 0.6 is 15.6 Å². The van der Waals surface area contributed by atoms with Crippen LogP contribution in [0.4, 0.5) is 11.8 Å². The molecule has 3 aliphatic rings. The highest BCUT2D eigenvalue weighted by molar-refractivity contribution is 7.48. The fraction of sp³-hybridized carbons (Fsp3) is 0.596. The fourth-order valence-corrected chi connectivity index (χ4v) is 13.6. The molecule has 1 aliphatic carbocycles. The number of hydrogen-bond donors (Lipinski definition) is 4. The van der Waals surface area contributed by atoms with Crippen LogP contribution in [0.5, 0.6) is 0 Å². The van der Waals surface area contributed by atoms with Crippen LogP contribution < -0.4 is 16.2 Å². The van der Waals surface area contributed by atoms with Crippen molar-refractivity contribution in [1.29, 1.82) is 5.26 Å². The number of amides is 2. The van der Waals surface area contributed by atoms with Crippen LogP contribution in [0.3, 0.4) is 0 Å². The molecule has 8 rings (SSSR count). The molecule has 4 aromatic heterocycles. The molecule has 10 atom stereocenters. The molecule has 412 valence electrons. The maximum atomic E-state index is 15.6. The molecular weight excluding hydrogens is 1060 g/mol. The third-order valence-electron chi connectivity index (χ3n) is 14.7. The van der Waals surface area contributed by atoms with Gasteiger partial charge in [-0.3, -0.25) is 51.9 Å². The van der Waals surface area contributed by atoms with E-state index < -0.39 is 134 Å². The van der Waals surface area contributed by atoms with E-state index in [1.165, 1.54) is 28.1 Å². The molecule has 76 heavy (non-hydrogen) atoms. The number of nitrogens with zero attached hydrogens (tertiary/aromatic N) is 8.